The molecule has 2 unspecified atom stereocenters. The Hall–Kier alpha value is -0.0800. The molecule has 88 valence electrons. The van der Waals surface area contributed by atoms with Crippen LogP contribution in [-0.4, -0.2) is 36.6 Å². The van der Waals surface area contributed by atoms with Crippen LogP contribution in [0.4, 0.5) is 0 Å². The second-order valence-electron chi connectivity index (χ2n) is 5.38. The molecule has 0 aromatic carbocycles. The fourth-order valence-electron chi connectivity index (χ4n) is 2.88. The van der Waals surface area contributed by atoms with Gasteiger partial charge < -0.3 is 10.2 Å². The predicted molar refractivity (Wildman–Crippen MR) is 65.1 cm³/mol. The zero-order chi connectivity index (χ0) is 10.7. The molecule has 1 saturated carbocycles. The molecule has 1 heterocycles. The molecule has 1 saturated heterocycles. The van der Waals surface area contributed by atoms with E-state index >= 15 is 0 Å². The van der Waals surface area contributed by atoms with E-state index in [9.17, 15) is 0 Å². The van der Waals surface area contributed by atoms with Crippen molar-refractivity contribution >= 4 is 0 Å². The SMILES string of the molecule is CCCC1CC(NC2CC2)CN(CC)C1. The van der Waals surface area contributed by atoms with Crippen LogP contribution in [-0.2, 0) is 0 Å². The molecular formula is C13H26N2. The van der Waals surface area contributed by atoms with E-state index in [0.717, 1.165) is 18.0 Å². The topological polar surface area (TPSA) is 15.3 Å². The van der Waals surface area contributed by atoms with Crippen molar-refractivity contribution in [2.75, 3.05) is 19.6 Å². The summed E-state index contributed by atoms with van der Waals surface area (Å²) in [7, 11) is 0. The first-order chi connectivity index (χ1) is 7.31. The van der Waals surface area contributed by atoms with Gasteiger partial charge in [-0.25, -0.2) is 0 Å². The maximum Gasteiger partial charge on any atom is 0.0200 e. The van der Waals surface area contributed by atoms with E-state index in [2.05, 4.69) is 24.1 Å². The standard InChI is InChI=1S/C13H26N2/c1-3-5-11-8-13(14-12-6-7-12)10-15(4-2)9-11/h11-14H,3-10H2,1-2H3. The van der Waals surface area contributed by atoms with E-state index in [-0.39, 0.29) is 0 Å². The van der Waals surface area contributed by atoms with Gasteiger partial charge in [-0.1, -0.05) is 20.3 Å². The Labute approximate surface area is 94.4 Å². The quantitative estimate of drug-likeness (QED) is 0.749. The Morgan fingerprint density at radius 1 is 1.13 bits per heavy atom. The number of nitrogens with one attached hydrogen (secondary N) is 1. The molecule has 2 atom stereocenters. The molecule has 0 aromatic heterocycles. The lowest BCUT2D eigenvalue weighted by atomic mass is 9.90. The van der Waals surface area contributed by atoms with Gasteiger partial charge in [0.1, 0.15) is 0 Å². The first kappa shape index (κ1) is 11.4. The molecule has 0 bridgehead atoms. The van der Waals surface area contributed by atoms with Crippen LogP contribution < -0.4 is 5.32 Å². The Bertz CT molecular complexity index is 189. The molecule has 0 amide bonds. The minimum atomic E-state index is 0.780. The van der Waals surface area contributed by atoms with Crippen LogP contribution in [0.2, 0.25) is 0 Å². The van der Waals surface area contributed by atoms with Gasteiger partial charge in [0.05, 0.1) is 0 Å². The summed E-state index contributed by atoms with van der Waals surface area (Å²) in [4.78, 5) is 2.63. The van der Waals surface area contributed by atoms with E-state index in [1.54, 1.807) is 0 Å². The smallest absolute Gasteiger partial charge is 0.0200 e. The van der Waals surface area contributed by atoms with E-state index in [0.29, 0.717) is 0 Å². The third-order valence-electron chi connectivity index (χ3n) is 3.81. The van der Waals surface area contributed by atoms with Gasteiger partial charge in [0, 0.05) is 25.2 Å². The predicted octanol–water partition coefficient (Wildman–Crippen LogP) is 2.25. The highest BCUT2D eigenvalue weighted by Gasteiger charge is 2.30. The third kappa shape index (κ3) is 3.46. The highest BCUT2D eigenvalue weighted by atomic mass is 15.2. The lowest BCUT2D eigenvalue weighted by molar-refractivity contribution is 0.140. The van der Waals surface area contributed by atoms with E-state index in [1.807, 2.05) is 0 Å². The Kier molecular flexibility index (Phi) is 4.04. The van der Waals surface area contributed by atoms with Crippen LogP contribution in [0.5, 0.6) is 0 Å². The van der Waals surface area contributed by atoms with Crippen molar-refractivity contribution in [1.29, 1.82) is 0 Å². The first-order valence-corrected chi connectivity index (χ1v) is 6.80. The van der Waals surface area contributed by atoms with Gasteiger partial charge in [0.25, 0.3) is 0 Å². The maximum absolute atomic E-state index is 3.80. The number of piperidine rings is 1. The van der Waals surface area contributed by atoms with Crippen molar-refractivity contribution in [3.63, 3.8) is 0 Å². The molecule has 2 fully saturated rings. The number of rotatable bonds is 5. The van der Waals surface area contributed by atoms with Crippen molar-refractivity contribution in [3.8, 4) is 0 Å². The Morgan fingerprint density at radius 2 is 1.93 bits per heavy atom. The monoisotopic (exact) mass is 210 g/mol. The second-order valence-corrected chi connectivity index (χ2v) is 5.38. The van der Waals surface area contributed by atoms with Gasteiger partial charge in [-0.2, -0.15) is 0 Å². The summed E-state index contributed by atoms with van der Waals surface area (Å²) >= 11 is 0. The molecule has 1 N–H and O–H groups in total. The molecule has 2 aliphatic rings. The van der Waals surface area contributed by atoms with Crippen molar-refractivity contribution < 1.29 is 0 Å². The van der Waals surface area contributed by atoms with Crippen LogP contribution >= 0.6 is 0 Å². The van der Waals surface area contributed by atoms with Gasteiger partial charge in [-0.05, 0) is 38.1 Å². The van der Waals surface area contributed by atoms with Gasteiger partial charge in [0.15, 0.2) is 0 Å². The summed E-state index contributed by atoms with van der Waals surface area (Å²) in [6.45, 7) is 8.46. The molecular weight excluding hydrogens is 184 g/mol. The van der Waals surface area contributed by atoms with Crippen LogP contribution in [0.15, 0.2) is 0 Å². The minimum Gasteiger partial charge on any atom is -0.310 e. The van der Waals surface area contributed by atoms with Gasteiger partial charge in [-0.3, -0.25) is 0 Å². The minimum absolute atomic E-state index is 0.780. The molecule has 1 aliphatic carbocycles. The maximum atomic E-state index is 3.80. The van der Waals surface area contributed by atoms with Crippen molar-refractivity contribution in [3.05, 3.63) is 0 Å². The van der Waals surface area contributed by atoms with Gasteiger partial charge in [0.2, 0.25) is 0 Å². The zero-order valence-electron chi connectivity index (χ0n) is 10.3. The van der Waals surface area contributed by atoms with E-state index in [4.69, 9.17) is 0 Å². The molecule has 2 nitrogen and oxygen atoms in total. The summed E-state index contributed by atoms with van der Waals surface area (Å²) < 4.78 is 0. The normalized spacial score (nSPS) is 33.2. The molecule has 0 radical (unpaired) electrons. The summed E-state index contributed by atoms with van der Waals surface area (Å²) in [5, 5.41) is 3.80. The average Bonchev–Trinajstić information content (AvgIpc) is 3.02. The van der Waals surface area contributed by atoms with Crippen LogP contribution in [0.1, 0.15) is 46.0 Å². The third-order valence-corrected chi connectivity index (χ3v) is 3.81. The molecule has 1 aliphatic heterocycles. The summed E-state index contributed by atoms with van der Waals surface area (Å²) in [6.07, 6.45) is 7.01. The van der Waals surface area contributed by atoms with Crippen LogP contribution in [0, 0.1) is 5.92 Å². The fraction of sp³-hybridized carbons (Fsp3) is 1.00. The highest BCUT2D eigenvalue weighted by Crippen LogP contribution is 2.25. The van der Waals surface area contributed by atoms with Crippen molar-refractivity contribution in [2.45, 2.75) is 58.0 Å². The summed E-state index contributed by atoms with van der Waals surface area (Å²) in [6, 6.07) is 1.65. The molecule has 0 spiro atoms. The lowest BCUT2D eigenvalue weighted by Crippen LogP contribution is -2.49. The average molecular weight is 210 g/mol. The number of hydrogen-bond donors (Lipinski definition) is 1. The summed E-state index contributed by atoms with van der Waals surface area (Å²) in [5.74, 6) is 0.944. The fourth-order valence-corrected chi connectivity index (χ4v) is 2.88. The number of nitrogens with zero attached hydrogens (tertiary/aromatic N) is 1. The van der Waals surface area contributed by atoms with Crippen LogP contribution in [0.25, 0.3) is 0 Å². The van der Waals surface area contributed by atoms with Gasteiger partial charge in [-0.15, -0.1) is 0 Å². The van der Waals surface area contributed by atoms with Gasteiger partial charge >= 0.3 is 0 Å². The highest BCUT2D eigenvalue weighted by molar-refractivity contribution is 4.90. The zero-order valence-corrected chi connectivity index (χ0v) is 10.3. The largest absolute Gasteiger partial charge is 0.310 e. The number of likely N-dealkylation sites (tertiary alicyclic amines) is 1. The molecule has 0 aromatic rings. The van der Waals surface area contributed by atoms with Crippen molar-refractivity contribution in [2.24, 2.45) is 5.92 Å². The Balaban J connectivity index is 1.81. The second kappa shape index (κ2) is 5.31. The van der Waals surface area contributed by atoms with E-state index < -0.39 is 0 Å². The molecule has 2 heteroatoms. The van der Waals surface area contributed by atoms with Crippen LogP contribution in [0.3, 0.4) is 0 Å². The molecule has 15 heavy (non-hydrogen) atoms. The van der Waals surface area contributed by atoms with Crippen molar-refractivity contribution in [1.82, 2.24) is 10.2 Å². The number of hydrogen-bond acceptors (Lipinski definition) is 2. The number of likely N-dealkylation sites (N-methyl/N-ethyl adjacent to an activating group) is 1. The first-order valence-electron chi connectivity index (χ1n) is 6.80. The summed E-state index contributed by atoms with van der Waals surface area (Å²) in [5.41, 5.74) is 0. The Morgan fingerprint density at radius 3 is 2.53 bits per heavy atom. The lowest BCUT2D eigenvalue weighted by Gasteiger charge is -2.37. The molecule has 2 rings (SSSR count). The van der Waals surface area contributed by atoms with E-state index in [1.165, 1.54) is 51.7 Å².